The van der Waals surface area contributed by atoms with Gasteiger partial charge in [-0.25, -0.2) is 14.4 Å². The van der Waals surface area contributed by atoms with E-state index >= 15 is 0 Å². The molecule has 3 aromatic rings. The van der Waals surface area contributed by atoms with E-state index in [0.717, 1.165) is 0 Å². The minimum absolute atomic E-state index is 0.0739. The molecule has 0 unspecified atom stereocenters. The fourth-order valence-corrected chi connectivity index (χ4v) is 7.36. The molecule has 1 saturated carbocycles. The number of aliphatic hydroxyl groups is 7. The molecule has 21 nitrogen and oxygen atoms in total. The van der Waals surface area contributed by atoms with E-state index < -0.39 is 123 Å². The van der Waals surface area contributed by atoms with E-state index in [-0.39, 0.29) is 26.2 Å². The summed E-state index contributed by atoms with van der Waals surface area (Å²) >= 11 is 0. The van der Waals surface area contributed by atoms with Gasteiger partial charge in [0, 0.05) is 6.54 Å². The van der Waals surface area contributed by atoms with E-state index in [1.54, 1.807) is 91.0 Å². The molecule has 1 aliphatic carbocycles. The van der Waals surface area contributed by atoms with Crippen LogP contribution in [0.15, 0.2) is 91.0 Å². The van der Waals surface area contributed by atoms with Crippen molar-refractivity contribution in [3.63, 3.8) is 0 Å². The van der Waals surface area contributed by atoms with Crippen LogP contribution in [0, 0.1) is 0 Å². The first kappa shape index (κ1) is 47.5. The minimum atomic E-state index is -1.98. The number of hydrogen-bond acceptors (Lipinski definition) is 18. The van der Waals surface area contributed by atoms with Crippen molar-refractivity contribution in [1.82, 2.24) is 16.0 Å². The predicted octanol–water partition coefficient (Wildman–Crippen LogP) is -1.39. The lowest BCUT2D eigenvalue weighted by molar-refractivity contribution is -0.333. The second kappa shape index (κ2) is 22.6. The molecule has 3 fully saturated rings. The van der Waals surface area contributed by atoms with Gasteiger partial charge in [-0.05, 0) is 23.1 Å². The molecule has 12 N–H and O–H groups in total. The highest BCUT2D eigenvalue weighted by Crippen LogP contribution is 2.33. The normalized spacial score (nSPS) is 33.0. The zero-order chi connectivity index (χ0) is 45.0. The quantitative estimate of drug-likeness (QED) is 0.0783. The number of nitrogens with two attached hydrogens (primary N) is 1. The SMILES string of the molecule is N[C@@H]1[C@@H](O)[C@@H](O[C@@H]2[C@@H](O)[C@H](O[C@H]3O[C@H](CNC(=O)OCc4ccccc4)[C@@H](O)[C@H](O)[C@H]3O)[C@@H](NC(=O)OCc3ccccc3)C[C@H]2NC(=O)OCc2ccccc2)O[C@H](CO)[C@H]1O. The van der Waals surface area contributed by atoms with Gasteiger partial charge < -0.3 is 90.6 Å². The number of nitrogens with one attached hydrogen (secondary N) is 3. The third kappa shape index (κ3) is 12.6. The molecule has 63 heavy (non-hydrogen) atoms. The van der Waals surface area contributed by atoms with Gasteiger partial charge in [0.2, 0.25) is 0 Å². The van der Waals surface area contributed by atoms with E-state index in [2.05, 4.69) is 16.0 Å². The van der Waals surface area contributed by atoms with Gasteiger partial charge in [0.15, 0.2) is 12.6 Å². The largest absolute Gasteiger partial charge is 0.445 e. The Bertz CT molecular complexity index is 1890. The van der Waals surface area contributed by atoms with Gasteiger partial charge in [-0.3, -0.25) is 0 Å². The van der Waals surface area contributed by atoms with Gasteiger partial charge in [-0.2, -0.15) is 0 Å². The summed E-state index contributed by atoms with van der Waals surface area (Å²) in [6.45, 7) is -1.59. The van der Waals surface area contributed by atoms with Crippen molar-refractivity contribution in [2.45, 2.75) is 118 Å². The van der Waals surface area contributed by atoms with Gasteiger partial charge in [0.05, 0.1) is 24.7 Å². The fourth-order valence-electron chi connectivity index (χ4n) is 7.36. The topological polar surface area (TPSA) is 320 Å². The molecule has 3 aliphatic rings. The van der Waals surface area contributed by atoms with E-state index in [1.807, 2.05) is 0 Å². The lowest BCUT2D eigenvalue weighted by Gasteiger charge is -2.49. The molecule has 344 valence electrons. The lowest BCUT2D eigenvalue weighted by Crippen LogP contribution is -2.70. The Balaban J connectivity index is 1.24. The summed E-state index contributed by atoms with van der Waals surface area (Å²) in [6.07, 6.45) is -23.7. The molecule has 6 rings (SSSR count). The van der Waals surface area contributed by atoms with Crippen LogP contribution >= 0.6 is 0 Å². The monoisotopic (exact) mass is 886 g/mol. The van der Waals surface area contributed by atoms with E-state index in [4.69, 9.17) is 38.9 Å². The van der Waals surface area contributed by atoms with Crippen LogP contribution in [0.2, 0.25) is 0 Å². The van der Waals surface area contributed by atoms with Crippen molar-refractivity contribution in [3.05, 3.63) is 108 Å². The first-order valence-corrected chi connectivity index (χ1v) is 20.3. The molecule has 3 aromatic carbocycles. The molecule has 0 aromatic heterocycles. The molecular weight excluding hydrogens is 832 g/mol. The molecule has 2 aliphatic heterocycles. The lowest BCUT2D eigenvalue weighted by atomic mass is 9.83. The molecule has 2 heterocycles. The van der Waals surface area contributed by atoms with Gasteiger partial charge in [-0.15, -0.1) is 0 Å². The summed E-state index contributed by atoms with van der Waals surface area (Å²) in [5.41, 5.74) is 8.03. The number of benzene rings is 3. The maximum Gasteiger partial charge on any atom is 0.407 e. The average molecular weight is 887 g/mol. The number of aliphatic hydroxyl groups excluding tert-OH is 7. The molecule has 0 spiro atoms. The maximum absolute atomic E-state index is 13.4. The molecule has 0 bridgehead atoms. The van der Waals surface area contributed by atoms with Gasteiger partial charge >= 0.3 is 18.3 Å². The highest BCUT2D eigenvalue weighted by Gasteiger charge is 2.54. The average Bonchev–Trinajstić information content (AvgIpc) is 3.29. The molecular formula is C42H54N4O17. The number of hydrogen-bond donors (Lipinski definition) is 11. The third-order valence-corrected chi connectivity index (χ3v) is 10.9. The smallest absolute Gasteiger partial charge is 0.407 e. The predicted molar refractivity (Wildman–Crippen MR) is 215 cm³/mol. The Morgan fingerprint density at radius 2 is 0.984 bits per heavy atom. The second-order valence-corrected chi connectivity index (χ2v) is 15.3. The Hall–Kier alpha value is -5.01. The summed E-state index contributed by atoms with van der Waals surface area (Å²) in [6, 6.07) is 22.2. The van der Waals surface area contributed by atoms with Crippen LogP contribution in [0.4, 0.5) is 14.4 Å². The van der Waals surface area contributed by atoms with Crippen LogP contribution in [0.1, 0.15) is 23.1 Å². The molecule has 0 radical (unpaired) electrons. The maximum atomic E-state index is 13.4. The standard InChI is InChI=1S/C42H54N4O17/c43-29-30(48)28(18-47)61-38(32(29)50)62-36-25(45-41(55)58-20-23-12-6-2-7-13-23)16-26(46-42(56)59-21-24-14-8-3-9-15-24)37(35(36)53)63-39-34(52)33(51)31(49)27(60-39)17-44-40(54)57-19-22-10-4-1-5-11-22/h1-15,25-39,47-53H,16-21,43H2,(H,44,54)(H,45,55)(H,46,56)/t25-,26+,27-,28-,29+,30-,31-,32-,33+,34-,35-,36+,37-,38-,39-/m1/s1. The summed E-state index contributed by atoms with van der Waals surface area (Å²) in [5.74, 6) is 0. The van der Waals surface area contributed by atoms with Gasteiger partial charge in [-0.1, -0.05) is 91.0 Å². The fraction of sp³-hybridized carbons (Fsp3) is 0.500. The summed E-state index contributed by atoms with van der Waals surface area (Å²) in [7, 11) is 0. The number of carbonyl (C=O) groups excluding carboxylic acids is 3. The Labute approximate surface area is 361 Å². The van der Waals surface area contributed by atoms with E-state index in [1.165, 1.54) is 0 Å². The van der Waals surface area contributed by atoms with E-state index in [9.17, 15) is 50.1 Å². The first-order valence-electron chi connectivity index (χ1n) is 20.3. The van der Waals surface area contributed by atoms with Crippen molar-refractivity contribution in [1.29, 1.82) is 0 Å². The van der Waals surface area contributed by atoms with Crippen LogP contribution in [0.5, 0.6) is 0 Å². The minimum Gasteiger partial charge on any atom is -0.445 e. The molecule has 2 saturated heterocycles. The zero-order valence-electron chi connectivity index (χ0n) is 33.9. The van der Waals surface area contributed by atoms with Crippen LogP contribution in [-0.2, 0) is 53.0 Å². The highest BCUT2D eigenvalue weighted by atomic mass is 16.7. The van der Waals surface area contributed by atoms with Crippen molar-refractivity contribution >= 4 is 18.3 Å². The number of ether oxygens (including phenoxy) is 7. The van der Waals surface area contributed by atoms with Crippen molar-refractivity contribution in [2.75, 3.05) is 13.2 Å². The Kier molecular flexibility index (Phi) is 17.0. The molecule has 15 atom stereocenters. The van der Waals surface area contributed by atoms with Crippen molar-refractivity contribution in [2.24, 2.45) is 5.73 Å². The molecule has 21 heteroatoms. The van der Waals surface area contributed by atoms with Crippen molar-refractivity contribution < 1.29 is 83.3 Å². The summed E-state index contributed by atoms with van der Waals surface area (Å²) in [4.78, 5) is 39.2. The summed E-state index contributed by atoms with van der Waals surface area (Å²) in [5, 5.41) is 84.1. The number of alkyl carbamates (subject to hydrolysis) is 3. The number of carbonyl (C=O) groups is 3. The van der Waals surface area contributed by atoms with Gasteiger partial charge in [0.25, 0.3) is 0 Å². The zero-order valence-corrected chi connectivity index (χ0v) is 33.9. The van der Waals surface area contributed by atoms with Gasteiger partial charge in [0.1, 0.15) is 80.9 Å². The first-order chi connectivity index (χ1) is 30.3. The highest BCUT2D eigenvalue weighted by molar-refractivity contribution is 5.69. The Morgan fingerprint density at radius 1 is 0.556 bits per heavy atom. The molecule has 3 amide bonds. The number of rotatable bonds is 15. The van der Waals surface area contributed by atoms with Crippen LogP contribution in [0.3, 0.4) is 0 Å². The second-order valence-electron chi connectivity index (χ2n) is 15.3. The van der Waals surface area contributed by atoms with E-state index in [0.29, 0.717) is 16.7 Å². The third-order valence-electron chi connectivity index (χ3n) is 10.9. The summed E-state index contributed by atoms with van der Waals surface area (Å²) < 4.78 is 39.8. The Morgan fingerprint density at radius 3 is 1.44 bits per heavy atom. The van der Waals surface area contributed by atoms with Crippen molar-refractivity contribution in [3.8, 4) is 0 Å². The number of amides is 3. The van der Waals surface area contributed by atoms with Crippen LogP contribution < -0.4 is 21.7 Å². The van der Waals surface area contributed by atoms with Crippen LogP contribution in [0.25, 0.3) is 0 Å². The van der Waals surface area contributed by atoms with Crippen LogP contribution in [-0.4, -0.2) is 159 Å².